The van der Waals surface area contributed by atoms with E-state index >= 15 is 0 Å². The van der Waals surface area contributed by atoms with Crippen molar-refractivity contribution in [3.63, 3.8) is 0 Å². The fraction of sp³-hybridized carbons (Fsp3) is 0.833. The maximum atomic E-state index is 11.0. The van der Waals surface area contributed by atoms with Crippen molar-refractivity contribution < 1.29 is 4.79 Å². The Morgan fingerprint density at radius 1 is 1.78 bits per heavy atom. The third kappa shape index (κ3) is 1.05. The molecule has 1 fully saturated rings. The molecule has 3 nitrogen and oxygen atoms in total. The summed E-state index contributed by atoms with van der Waals surface area (Å²) in [5, 5.41) is 1.66. The van der Waals surface area contributed by atoms with E-state index in [1.165, 1.54) is 0 Å². The second-order valence-corrected chi connectivity index (χ2v) is 2.40. The van der Waals surface area contributed by atoms with Gasteiger partial charge in [0.25, 0.3) is 0 Å². The summed E-state index contributed by atoms with van der Waals surface area (Å²) in [6.45, 7) is 2.82. The molecule has 1 heterocycles. The minimum atomic E-state index is 0.220. The van der Waals surface area contributed by atoms with Crippen LogP contribution in [-0.2, 0) is 4.79 Å². The van der Waals surface area contributed by atoms with Crippen molar-refractivity contribution in [3.8, 4) is 0 Å². The van der Waals surface area contributed by atoms with E-state index < -0.39 is 0 Å². The lowest BCUT2D eigenvalue weighted by Crippen LogP contribution is -2.36. The Morgan fingerprint density at radius 3 is 2.67 bits per heavy atom. The maximum absolute atomic E-state index is 11.0. The molecule has 0 bridgehead atoms. The van der Waals surface area contributed by atoms with Crippen LogP contribution in [0.25, 0.3) is 0 Å². The minimum Gasteiger partial charge on any atom is -0.278 e. The number of nitrogens with one attached hydrogen (secondary N) is 1. The van der Waals surface area contributed by atoms with Gasteiger partial charge in [0.05, 0.1) is 0 Å². The van der Waals surface area contributed by atoms with Crippen LogP contribution in [0, 0.1) is 5.92 Å². The average Bonchev–Trinajstić information content (AvgIpc) is 2.15. The summed E-state index contributed by atoms with van der Waals surface area (Å²) < 4.78 is 0. The molecule has 0 saturated carbocycles. The first-order valence-electron chi connectivity index (χ1n) is 3.24. The van der Waals surface area contributed by atoms with Gasteiger partial charge in [0.15, 0.2) is 0 Å². The van der Waals surface area contributed by atoms with Gasteiger partial charge in [-0.05, 0) is 6.42 Å². The van der Waals surface area contributed by atoms with E-state index in [9.17, 15) is 4.79 Å². The molecule has 1 aliphatic rings. The van der Waals surface area contributed by atoms with Crippen molar-refractivity contribution in [2.75, 3.05) is 13.6 Å². The fourth-order valence-corrected chi connectivity index (χ4v) is 1.04. The smallest absolute Gasteiger partial charge is 0.239 e. The van der Waals surface area contributed by atoms with Gasteiger partial charge in [-0.25, -0.2) is 5.43 Å². The van der Waals surface area contributed by atoms with Crippen LogP contribution >= 0.6 is 0 Å². The number of hydrogen-bond donors (Lipinski definition) is 1. The second-order valence-electron chi connectivity index (χ2n) is 2.40. The normalized spacial score (nSPS) is 27.6. The quantitative estimate of drug-likeness (QED) is 0.538. The third-order valence-electron chi connectivity index (χ3n) is 1.74. The van der Waals surface area contributed by atoms with Crippen molar-refractivity contribution in [1.82, 2.24) is 10.4 Å². The molecule has 1 amide bonds. The van der Waals surface area contributed by atoms with Gasteiger partial charge in [-0.2, -0.15) is 0 Å². The van der Waals surface area contributed by atoms with E-state index in [1.54, 1.807) is 12.1 Å². The largest absolute Gasteiger partial charge is 0.278 e. The highest BCUT2D eigenvalue weighted by Gasteiger charge is 2.26. The number of rotatable bonds is 1. The monoisotopic (exact) mass is 128 g/mol. The summed E-state index contributed by atoms with van der Waals surface area (Å²) in [7, 11) is 1.77. The standard InChI is InChI=1S/C6H12N2O/c1-5-3-4-8(7-2)6(5)9/h5,7H,3-4H2,1-2H3. The number of hydrogen-bond acceptors (Lipinski definition) is 2. The van der Waals surface area contributed by atoms with Gasteiger partial charge in [-0.1, -0.05) is 6.92 Å². The predicted molar refractivity (Wildman–Crippen MR) is 34.6 cm³/mol. The van der Waals surface area contributed by atoms with Crippen molar-refractivity contribution >= 4 is 5.91 Å². The van der Waals surface area contributed by atoms with Crippen LogP contribution in [0.5, 0.6) is 0 Å². The molecule has 0 radical (unpaired) electrons. The maximum Gasteiger partial charge on any atom is 0.239 e. The Kier molecular flexibility index (Phi) is 1.71. The zero-order chi connectivity index (χ0) is 6.85. The molecule has 1 unspecified atom stereocenters. The number of hydrazine groups is 1. The molecular weight excluding hydrogens is 116 g/mol. The third-order valence-corrected chi connectivity index (χ3v) is 1.74. The van der Waals surface area contributed by atoms with Gasteiger partial charge in [-0.3, -0.25) is 9.80 Å². The zero-order valence-corrected chi connectivity index (χ0v) is 5.85. The van der Waals surface area contributed by atoms with Crippen LogP contribution in [0.4, 0.5) is 0 Å². The van der Waals surface area contributed by atoms with E-state index in [4.69, 9.17) is 0 Å². The van der Waals surface area contributed by atoms with Gasteiger partial charge in [-0.15, -0.1) is 0 Å². The van der Waals surface area contributed by atoms with Crippen molar-refractivity contribution in [3.05, 3.63) is 0 Å². The van der Waals surface area contributed by atoms with E-state index in [1.807, 2.05) is 6.92 Å². The molecule has 52 valence electrons. The lowest BCUT2D eigenvalue weighted by Gasteiger charge is -2.12. The molecule has 3 heteroatoms. The van der Waals surface area contributed by atoms with Crippen molar-refractivity contribution in [1.29, 1.82) is 0 Å². The summed E-state index contributed by atoms with van der Waals surface area (Å²) in [6.07, 6.45) is 0.986. The number of carbonyl (C=O) groups excluding carboxylic acids is 1. The highest BCUT2D eigenvalue weighted by Crippen LogP contribution is 2.13. The van der Waals surface area contributed by atoms with Gasteiger partial charge in [0, 0.05) is 19.5 Å². The van der Waals surface area contributed by atoms with E-state index in [-0.39, 0.29) is 11.8 Å². The summed E-state index contributed by atoms with van der Waals surface area (Å²) in [5.74, 6) is 0.440. The Morgan fingerprint density at radius 2 is 2.44 bits per heavy atom. The van der Waals surface area contributed by atoms with Gasteiger partial charge in [0.2, 0.25) is 5.91 Å². The molecule has 0 aliphatic carbocycles. The van der Waals surface area contributed by atoms with Crippen LogP contribution in [0.1, 0.15) is 13.3 Å². The Bertz CT molecular complexity index is 124. The topological polar surface area (TPSA) is 32.3 Å². The first-order chi connectivity index (χ1) is 4.25. The number of nitrogens with zero attached hydrogens (tertiary/aromatic N) is 1. The molecule has 1 atom stereocenters. The van der Waals surface area contributed by atoms with Gasteiger partial charge < -0.3 is 0 Å². The lowest BCUT2D eigenvalue weighted by molar-refractivity contribution is -0.132. The van der Waals surface area contributed by atoms with E-state index in [0.29, 0.717) is 0 Å². The molecule has 0 aromatic rings. The average molecular weight is 128 g/mol. The van der Waals surface area contributed by atoms with Gasteiger partial charge >= 0.3 is 0 Å². The first kappa shape index (κ1) is 6.55. The molecule has 1 saturated heterocycles. The molecule has 0 aromatic carbocycles. The van der Waals surface area contributed by atoms with Gasteiger partial charge in [0.1, 0.15) is 0 Å². The number of carbonyl (C=O) groups is 1. The molecular formula is C6H12N2O. The summed E-state index contributed by atoms with van der Waals surface area (Å²) in [4.78, 5) is 11.0. The summed E-state index contributed by atoms with van der Waals surface area (Å²) in [5.41, 5.74) is 2.83. The second kappa shape index (κ2) is 2.35. The van der Waals surface area contributed by atoms with Crippen LogP contribution in [0.2, 0.25) is 0 Å². The van der Waals surface area contributed by atoms with Crippen LogP contribution in [0.3, 0.4) is 0 Å². The fourth-order valence-electron chi connectivity index (χ4n) is 1.04. The van der Waals surface area contributed by atoms with Crippen LogP contribution in [0.15, 0.2) is 0 Å². The summed E-state index contributed by atoms with van der Waals surface area (Å²) >= 11 is 0. The van der Waals surface area contributed by atoms with Crippen molar-refractivity contribution in [2.45, 2.75) is 13.3 Å². The molecule has 1 aliphatic heterocycles. The molecule has 0 spiro atoms. The molecule has 0 aromatic heterocycles. The Labute approximate surface area is 55.0 Å². The van der Waals surface area contributed by atoms with E-state index in [0.717, 1.165) is 13.0 Å². The minimum absolute atomic E-state index is 0.220. The molecule has 9 heavy (non-hydrogen) atoms. The highest BCUT2D eigenvalue weighted by atomic mass is 16.2. The van der Waals surface area contributed by atoms with Crippen molar-refractivity contribution in [2.24, 2.45) is 5.92 Å². The first-order valence-corrected chi connectivity index (χ1v) is 3.24. The number of amides is 1. The molecule has 1 N–H and O–H groups in total. The highest BCUT2D eigenvalue weighted by molar-refractivity contribution is 5.79. The van der Waals surface area contributed by atoms with Crippen LogP contribution < -0.4 is 5.43 Å². The lowest BCUT2D eigenvalue weighted by atomic mass is 10.1. The Balaban J connectivity index is 2.51. The Hall–Kier alpha value is -0.570. The van der Waals surface area contributed by atoms with Crippen LogP contribution in [-0.4, -0.2) is 24.5 Å². The predicted octanol–water partition coefficient (Wildman–Crippen LogP) is -0.0108. The SMILES string of the molecule is CNN1CCC(C)C1=O. The summed E-state index contributed by atoms with van der Waals surface area (Å²) in [6, 6.07) is 0. The molecule has 1 rings (SSSR count). The van der Waals surface area contributed by atoms with E-state index in [2.05, 4.69) is 5.43 Å². The zero-order valence-electron chi connectivity index (χ0n) is 5.85.